The topological polar surface area (TPSA) is 27.7 Å². The van der Waals surface area contributed by atoms with Gasteiger partial charge in [0.15, 0.2) is 0 Å². The van der Waals surface area contributed by atoms with Crippen molar-refractivity contribution in [3.8, 4) is 0 Å². The molecule has 0 aliphatic rings. The number of rotatable bonds is 6. The van der Waals surface area contributed by atoms with Crippen molar-refractivity contribution in [2.45, 2.75) is 20.8 Å². The van der Waals surface area contributed by atoms with E-state index in [1.165, 1.54) is 0 Å². The zero-order chi connectivity index (χ0) is 7.82. The molecule has 0 N–H and O–H groups in total. The summed E-state index contributed by atoms with van der Waals surface area (Å²) < 4.78 is 15.5. The third kappa shape index (κ3) is 8.75. The average Bonchev–Trinajstić information content (AvgIpc) is 1.90. The van der Waals surface area contributed by atoms with Crippen LogP contribution in [0.4, 0.5) is 0 Å². The van der Waals surface area contributed by atoms with Gasteiger partial charge >= 0.3 is 31.9 Å². The van der Waals surface area contributed by atoms with Crippen molar-refractivity contribution in [1.82, 2.24) is 0 Å². The third-order valence-corrected chi connectivity index (χ3v) is 2.36. The summed E-state index contributed by atoms with van der Waals surface area (Å²) in [6.45, 7) is 7.78. The second-order valence-electron chi connectivity index (χ2n) is 1.55. The molecule has 2 radical (unpaired) electrons. The molecule has 0 bridgehead atoms. The van der Waals surface area contributed by atoms with E-state index < -0.39 is 9.53 Å². The molecule has 0 aromatic rings. The van der Waals surface area contributed by atoms with Gasteiger partial charge in [-0.1, -0.05) is 0 Å². The van der Waals surface area contributed by atoms with Gasteiger partial charge in [-0.15, -0.1) is 0 Å². The first-order valence-corrected chi connectivity index (χ1v) is 4.82. The summed E-state index contributed by atoms with van der Waals surface area (Å²) in [5.74, 6) is 0. The molecule has 0 saturated heterocycles. The fourth-order valence-electron chi connectivity index (χ4n) is 0.479. The molecule has 0 unspecified atom stereocenters. The van der Waals surface area contributed by atoms with E-state index in [0.717, 1.165) is 0 Å². The Kier molecular flexibility index (Phi) is 14.2. The first-order valence-electron chi connectivity index (χ1n) is 3.60. The summed E-state index contributed by atoms with van der Waals surface area (Å²) in [7, 11) is -1.40. The van der Waals surface area contributed by atoms with E-state index in [4.69, 9.17) is 13.3 Å². The average molecular weight is 361 g/mol. The van der Waals surface area contributed by atoms with E-state index in [9.17, 15) is 0 Å². The molecule has 0 aromatic heterocycles. The monoisotopic (exact) mass is 361 g/mol. The van der Waals surface area contributed by atoms with Crippen LogP contribution >= 0.6 is 0 Å². The van der Waals surface area contributed by atoms with Gasteiger partial charge in [0.05, 0.1) is 0 Å². The zero-order valence-electron chi connectivity index (χ0n) is 7.16. The van der Waals surface area contributed by atoms with Gasteiger partial charge in [-0.05, 0) is 20.8 Å². The number of hydrogen-bond donors (Lipinski definition) is 0. The summed E-state index contributed by atoms with van der Waals surface area (Å²) in [6.07, 6.45) is 0. The van der Waals surface area contributed by atoms with Crippen molar-refractivity contribution in [1.29, 1.82) is 0 Å². The van der Waals surface area contributed by atoms with Gasteiger partial charge in [0, 0.05) is 19.8 Å². The van der Waals surface area contributed by atoms with Crippen LogP contribution in [-0.2, 0) is 35.7 Å². The molecule has 5 heteroatoms. The predicted octanol–water partition coefficient (Wildman–Crippen LogP) is 0.811. The van der Waals surface area contributed by atoms with Crippen LogP contribution in [0.3, 0.4) is 0 Å². The van der Waals surface area contributed by atoms with E-state index in [0.29, 0.717) is 19.8 Å². The fourth-order valence-corrected chi connectivity index (χ4v) is 1.44. The molecule has 0 aliphatic heterocycles. The van der Waals surface area contributed by atoms with Crippen molar-refractivity contribution >= 4 is 9.53 Å². The molecule has 0 aromatic carbocycles. The third-order valence-electron chi connectivity index (χ3n) is 0.787. The molecule has 0 spiro atoms. The summed E-state index contributed by atoms with van der Waals surface area (Å²) in [5.41, 5.74) is 0. The molecule has 73 valence electrons. The molecule has 0 amide bonds. The SMILES string of the molecule is CCO[Si](OCC)OCC.[AuH]. The summed E-state index contributed by atoms with van der Waals surface area (Å²) in [5, 5.41) is 0. The Hall–Kier alpha value is 0.837. The summed E-state index contributed by atoms with van der Waals surface area (Å²) >= 11 is 0. The fraction of sp³-hybridized carbons (Fsp3) is 1.00. The number of hydrogen-bond acceptors (Lipinski definition) is 3. The van der Waals surface area contributed by atoms with Crippen molar-refractivity contribution in [2.75, 3.05) is 19.8 Å². The van der Waals surface area contributed by atoms with Crippen molar-refractivity contribution < 1.29 is 35.7 Å². The molecule has 11 heavy (non-hydrogen) atoms. The van der Waals surface area contributed by atoms with E-state index in [1.54, 1.807) is 0 Å². The van der Waals surface area contributed by atoms with Crippen molar-refractivity contribution in [2.24, 2.45) is 0 Å². The normalized spacial score (nSPS) is 9.82. The van der Waals surface area contributed by atoms with Crippen LogP contribution in [0.15, 0.2) is 0 Å². The van der Waals surface area contributed by atoms with Crippen LogP contribution in [-0.4, -0.2) is 29.3 Å². The molecule has 0 rings (SSSR count). The minimum atomic E-state index is -1.40. The van der Waals surface area contributed by atoms with Gasteiger partial charge < -0.3 is 13.3 Å². The van der Waals surface area contributed by atoms with Crippen LogP contribution in [0.2, 0.25) is 0 Å². The van der Waals surface area contributed by atoms with Crippen LogP contribution in [0.25, 0.3) is 0 Å². The molecular formula is C6H16AuO3Si. The van der Waals surface area contributed by atoms with E-state index in [-0.39, 0.29) is 22.4 Å². The van der Waals surface area contributed by atoms with Gasteiger partial charge in [-0.2, -0.15) is 0 Å². The molecule has 0 aliphatic carbocycles. The molecule has 0 atom stereocenters. The van der Waals surface area contributed by atoms with Gasteiger partial charge in [0.25, 0.3) is 0 Å². The van der Waals surface area contributed by atoms with Crippen LogP contribution in [0.1, 0.15) is 20.8 Å². The Morgan fingerprint density at radius 2 is 1.09 bits per heavy atom. The van der Waals surface area contributed by atoms with E-state index in [1.807, 2.05) is 20.8 Å². The zero-order valence-corrected chi connectivity index (χ0v) is 10.4. The summed E-state index contributed by atoms with van der Waals surface area (Å²) in [4.78, 5) is 0. The van der Waals surface area contributed by atoms with Crippen LogP contribution in [0, 0.1) is 0 Å². The quantitative estimate of drug-likeness (QED) is 0.656. The first-order chi connectivity index (χ1) is 4.85. The van der Waals surface area contributed by atoms with Crippen molar-refractivity contribution in [3.63, 3.8) is 0 Å². The Bertz CT molecular complexity index is 60.6. The van der Waals surface area contributed by atoms with E-state index >= 15 is 0 Å². The second kappa shape index (κ2) is 10.8. The van der Waals surface area contributed by atoms with Gasteiger partial charge in [0.1, 0.15) is 0 Å². The van der Waals surface area contributed by atoms with Crippen LogP contribution in [0.5, 0.6) is 0 Å². The van der Waals surface area contributed by atoms with Crippen LogP contribution < -0.4 is 0 Å². The summed E-state index contributed by atoms with van der Waals surface area (Å²) in [6, 6.07) is 0. The van der Waals surface area contributed by atoms with Gasteiger partial charge in [0.2, 0.25) is 0 Å². The minimum absolute atomic E-state index is 0. The Labute approximate surface area is 85.9 Å². The van der Waals surface area contributed by atoms with E-state index in [2.05, 4.69) is 0 Å². The molecule has 3 nitrogen and oxygen atoms in total. The maximum absolute atomic E-state index is 5.18. The first kappa shape index (κ1) is 14.4. The van der Waals surface area contributed by atoms with Gasteiger partial charge in [-0.3, -0.25) is 0 Å². The second-order valence-corrected chi connectivity index (χ2v) is 2.92. The molecule has 0 fully saturated rings. The Morgan fingerprint density at radius 3 is 1.27 bits per heavy atom. The van der Waals surface area contributed by atoms with Crippen molar-refractivity contribution in [3.05, 3.63) is 0 Å². The Balaban J connectivity index is 0. The van der Waals surface area contributed by atoms with Gasteiger partial charge in [-0.25, -0.2) is 0 Å². The maximum atomic E-state index is 5.18. The Morgan fingerprint density at radius 1 is 0.818 bits per heavy atom. The molecular weight excluding hydrogens is 345 g/mol. The molecule has 0 heterocycles. The standard InChI is InChI=1S/C6H15O3Si.Au.H/c1-4-7-10(8-5-2)9-6-3;;/h4-6H2,1-3H3;;. The predicted molar refractivity (Wildman–Crippen MR) is 42.0 cm³/mol. The molecule has 0 saturated carbocycles.